The van der Waals surface area contributed by atoms with E-state index in [0.29, 0.717) is 12.4 Å². The normalized spacial score (nSPS) is 15.8. The molecule has 1 unspecified atom stereocenters. The first-order valence-electron chi connectivity index (χ1n) is 11.9. The molecular weight excluding hydrogens is 454 g/mol. The van der Waals surface area contributed by atoms with Crippen LogP contribution in [-0.4, -0.2) is 64.5 Å². The van der Waals surface area contributed by atoms with E-state index in [4.69, 9.17) is 14.2 Å². The molecule has 0 amide bonds. The number of sulfone groups is 1. The van der Waals surface area contributed by atoms with Gasteiger partial charge in [0.25, 0.3) is 0 Å². The summed E-state index contributed by atoms with van der Waals surface area (Å²) in [7, 11) is -2.45. The van der Waals surface area contributed by atoms with Gasteiger partial charge in [-0.1, -0.05) is 25.0 Å². The number of rotatable bonds is 11. The molecule has 2 aromatic rings. The van der Waals surface area contributed by atoms with Gasteiger partial charge in [-0.3, -0.25) is 9.69 Å². The number of carbonyl (C=O) groups is 1. The number of esters is 1. The van der Waals surface area contributed by atoms with Crippen LogP contribution >= 0.6 is 0 Å². The Morgan fingerprint density at radius 1 is 0.941 bits per heavy atom. The molecule has 1 fully saturated rings. The maximum atomic E-state index is 13.3. The lowest BCUT2D eigenvalue weighted by molar-refractivity contribution is -0.142. The number of hydrogen-bond acceptors (Lipinski definition) is 7. The summed E-state index contributed by atoms with van der Waals surface area (Å²) in [6.45, 7) is 5.52. The lowest BCUT2D eigenvalue weighted by atomic mass is 10.1. The first kappa shape index (κ1) is 26.0. The molecule has 1 saturated heterocycles. The molecule has 0 spiro atoms. The summed E-state index contributed by atoms with van der Waals surface area (Å²) >= 11 is 0. The van der Waals surface area contributed by atoms with Gasteiger partial charge in [0.15, 0.2) is 15.1 Å². The van der Waals surface area contributed by atoms with E-state index in [1.165, 1.54) is 44.9 Å². The minimum absolute atomic E-state index is 0.0151. The number of nitrogens with zero attached hydrogens (tertiary/aromatic N) is 1. The topological polar surface area (TPSA) is 82.1 Å². The van der Waals surface area contributed by atoms with Crippen LogP contribution < -0.4 is 9.47 Å². The van der Waals surface area contributed by atoms with Crippen molar-refractivity contribution in [3.8, 4) is 11.5 Å². The SMILES string of the molecule is CCOC(=O)C(Cc1ccc(OCCN2CCCCCC2)cc1)S(=O)(=O)c1ccc(OC)cc1. The fourth-order valence-electron chi connectivity index (χ4n) is 4.07. The second-order valence-electron chi connectivity index (χ2n) is 8.41. The third-order valence-corrected chi connectivity index (χ3v) is 8.07. The zero-order valence-electron chi connectivity index (χ0n) is 20.1. The van der Waals surface area contributed by atoms with E-state index in [9.17, 15) is 13.2 Å². The Balaban J connectivity index is 1.65. The van der Waals surface area contributed by atoms with Gasteiger partial charge in [-0.05, 0) is 74.8 Å². The number of methoxy groups -OCH3 is 1. The molecule has 3 rings (SSSR count). The molecule has 186 valence electrons. The Bertz CT molecular complexity index is 997. The number of hydrogen-bond donors (Lipinski definition) is 0. The highest BCUT2D eigenvalue weighted by molar-refractivity contribution is 7.92. The average Bonchev–Trinajstić information content (AvgIpc) is 3.12. The molecule has 1 aliphatic heterocycles. The molecule has 0 saturated carbocycles. The van der Waals surface area contributed by atoms with Gasteiger partial charge in [-0.2, -0.15) is 0 Å². The van der Waals surface area contributed by atoms with Crippen molar-refractivity contribution in [2.45, 2.75) is 49.2 Å². The standard InChI is InChI=1S/C26H35NO6S/c1-3-32-26(28)25(34(29,30)24-14-12-22(31-2)13-15-24)20-21-8-10-23(11-9-21)33-19-18-27-16-6-4-5-7-17-27/h8-15,25H,3-7,16-20H2,1-2H3. The molecule has 8 heteroatoms. The summed E-state index contributed by atoms with van der Waals surface area (Å²) in [4.78, 5) is 15.1. The van der Waals surface area contributed by atoms with Crippen molar-refractivity contribution in [1.82, 2.24) is 4.90 Å². The van der Waals surface area contributed by atoms with Crippen molar-refractivity contribution in [1.29, 1.82) is 0 Å². The van der Waals surface area contributed by atoms with Gasteiger partial charge in [0.05, 0.1) is 18.6 Å². The Labute approximate surface area is 202 Å². The second-order valence-corrected chi connectivity index (χ2v) is 10.5. The molecule has 1 aliphatic rings. The third-order valence-electron chi connectivity index (χ3n) is 6.03. The summed E-state index contributed by atoms with van der Waals surface area (Å²) in [6.07, 6.45) is 5.12. The van der Waals surface area contributed by atoms with Crippen LogP contribution in [-0.2, 0) is 25.8 Å². The van der Waals surface area contributed by atoms with Crippen LogP contribution in [0.5, 0.6) is 11.5 Å². The summed E-state index contributed by atoms with van der Waals surface area (Å²) in [5.74, 6) is 0.512. The van der Waals surface area contributed by atoms with E-state index in [1.54, 1.807) is 31.2 Å². The van der Waals surface area contributed by atoms with Crippen LogP contribution in [0.15, 0.2) is 53.4 Å². The van der Waals surface area contributed by atoms with Gasteiger partial charge in [0, 0.05) is 13.0 Å². The zero-order valence-corrected chi connectivity index (χ0v) is 20.9. The highest BCUT2D eigenvalue weighted by Crippen LogP contribution is 2.24. The first-order chi connectivity index (χ1) is 16.4. The Kier molecular flexibility index (Phi) is 9.77. The monoisotopic (exact) mass is 489 g/mol. The van der Waals surface area contributed by atoms with Gasteiger partial charge < -0.3 is 14.2 Å². The Morgan fingerprint density at radius 2 is 1.56 bits per heavy atom. The number of likely N-dealkylation sites (tertiary alicyclic amines) is 1. The molecule has 0 aromatic heterocycles. The van der Waals surface area contributed by atoms with Crippen LogP contribution in [0.25, 0.3) is 0 Å². The predicted octanol–water partition coefficient (Wildman–Crippen LogP) is 3.90. The van der Waals surface area contributed by atoms with E-state index in [2.05, 4.69) is 4.90 Å². The van der Waals surface area contributed by atoms with Gasteiger partial charge in [0.1, 0.15) is 18.1 Å². The third kappa shape index (κ3) is 7.21. The largest absolute Gasteiger partial charge is 0.497 e. The van der Waals surface area contributed by atoms with Crippen LogP contribution in [0.4, 0.5) is 0 Å². The van der Waals surface area contributed by atoms with Gasteiger partial charge in [0.2, 0.25) is 0 Å². The number of carbonyl (C=O) groups excluding carboxylic acids is 1. The maximum Gasteiger partial charge on any atom is 0.325 e. The Morgan fingerprint density at radius 3 is 2.15 bits per heavy atom. The van der Waals surface area contributed by atoms with Crippen molar-refractivity contribution < 1.29 is 27.4 Å². The molecule has 34 heavy (non-hydrogen) atoms. The predicted molar refractivity (Wildman–Crippen MR) is 131 cm³/mol. The maximum absolute atomic E-state index is 13.3. The van der Waals surface area contributed by atoms with Crippen LogP contribution in [0.2, 0.25) is 0 Å². The zero-order chi connectivity index (χ0) is 24.4. The molecule has 7 nitrogen and oxygen atoms in total. The summed E-state index contributed by atoms with van der Waals surface area (Å²) in [5, 5.41) is -1.34. The van der Waals surface area contributed by atoms with E-state index < -0.39 is 21.1 Å². The lowest BCUT2D eigenvalue weighted by Gasteiger charge is -2.20. The lowest BCUT2D eigenvalue weighted by Crippen LogP contribution is -2.34. The van der Waals surface area contributed by atoms with Gasteiger partial charge in [-0.25, -0.2) is 8.42 Å². The summed E-state index contributed by atoms with van der Waals surface area (Å²) in [5.41, 5.74) is 0.718. The van der Waals surface area contributed by atoms with E-state index in [1.807, 2.05) is 12.1 Å². The highest BCUT2D eigenvalue weighted by atomic mass is 32.2. The van der Waals surface area contributed by atoms with E-state index >= 15 is 0 Å². The van der Waals surface area contributed by atoms with Crippen LogP contribution in [0.3, 0.4) is 0 Å². The summed E-state index contributed by atoms with van der Waals surface area (Å²) < 4.78 is 42.6. The Hall–Kier alpha value is -2.58. The molecular formula is C26H35NO6S. The van der Waals surface area contributed by atoms with Gasteiger partial charge >= 0.3 is 5.97 Å². The van der Waals surface area contributed by atoms with E-state index in [-0.39, 0.29) is 17.9 Å². The number of benzene rings is 2. The number of ether oxygens (including phenoxy) is 3. The second kappa shape index (κ2) is 12.8. The minimum Gasteiger partial charge on any atom is -0.497 e. The van der Waals surface area contributed by atoms with Crippen molar-refractivity contribution in [2.75, 3.05) is 40.0 Å². The highest BCUT2D eigenvalue weighted by Gasteiger charge is 2.35. The molecule has 1 atom stereocenters. The van der Waals surface area contributed by atoms with Crippen molar-refractivity contribution in [3.05, 3.63) is 54.1 Å². The van der Waals surface area contributed by atoms with Crippen molar-refractivity contribution >= 4 is 15.8 Å². The summed E-state index contributed by atoms with van der Waals surface area (Å²) in [6, 6.07) is 13.3. The average molecular weight is 490 g/mol. The van der Waals surface area contributed by atoms with E-state index in [0.717, 1.165) is 30.9 Å². The molecule has 0 N–H and O–H groups in total. The smallest absolute Gasteiger partial charge is 0.325 e. The van der Waals surface area contributed by atoms with Crippen LogP contribution in [0.1, 0.15) is 38.2 Å². The van der Waals surface area contributed by atoms with Gasteiger partial charge in [-0.15, -0.1) is 0 Å². The molecule has 0 aliphatic carbocycles. The fraction of sp³-hybridized carbons (Fsp3) is 0.500. The first-order valence-corrected chi connectivity index (χ1v) is 13.5. The fourth-order valence-corrected chi connectivity index (χ4v) is 5.65. The molecule has 1 heterocycles. The molecule has 0 bridgehead atoms. The van der Waals surface area contributed by atoms with Crippen LogP contribution in [0, 0.1) is 0 Å². The minimum atomic E-state index is -3.95. The van der Waals surface area contributed by atoms with Crippen molar-refractivity contribution in [3.63, 3.8) is 0 Å². The quantitative estimate of drug-likeness (QED) is 0.443. The molecule has 2 aromatic carbocycles. The molecule has 0 radical (unpaired) electrons. The van der Waals surface area contributed by atoms with Crippen molar-refractivity contribution in [2.24, 2.45) is 0 Å².